The van der Waals surface area contributed by atoms with Crippen LogP contribution >= 0.6 is 11.8 Å². The molecular formula is C13H20N2O2S2. The Morgan fingerprint density at radius 2 is 2.05 bits per heavy atom. The van der Waals surface area contributed by atoms with Gasteiger partial charge in [0.05, 0.1) is 4.90 Å². The molecule has 0 radical (unpaired) electrons. The maximum atomic E-state index is 12.1. The second-order valence-electron chi connectivity index (χ2n) is 4.76. The van der Waals surface area contributed by atoms with E-state index in [-0.39, 0.29) is 0 Å². The van der Waals surface area contributed by atoms with Gasteiger partial charge in [-0.3, -0.25) is 0 Å². The van der Waals surface area contributed by atoms with Gasteiger partial charge >= 0.3 is 0 Å². The molecule has 1 atom stereocenters. The molecule has 1 aromatic carbocycles. The first kappa shape index (κ1) is 14.8. The lowest BCUT2D eigenvalue weighted by molar-refractivity contribution is 0.546. The van der Waals surface area contributed by atoms with E-state index in [1.165, 1.54) is 0 Å². The molecule has 6 heteroatoms. The molecule has 3 N–H and O–H groups in total. The maximum absolute atomic E-state index is 12.1. The molecule has 0 amide bonds. The van der Waals surface area contributed by atoms with Crippen molar-refractivity contribution in [1.29, 1.82) is 0 Å². The number of rotatable bonds is 6. The second kappa shape index (κ2) is 6.74. The van der Waals surface area contributed by atoms with E-state index in [2.05, 4.69) is 4.72 Å². The number of benzene rings is 1. The number of nitrogens with one attached hydrogen (secondary N) is 1. The molecule has 1 aliphatic rings. The molecule has 19 heavy (non-hydrogen) atoms. The van der Waals surface area contributed by atoms with Crippen LogP contribution in [0.25, 0.3) is 0 Å². The first-order valence-electron chi connectivity index (χ1n) is 6.48. The Morgan fingerprint density at radius 1 is 1.32 bits per heavy atom. The van der Waals surface area contributed by atoms with Crippen molar-refractivity contribution in [3.05, 3.63) is 29.8 Å². The highest BCUT2D eigenvalue weighted by atomic mass is 32.2. The van der Waals surface area contributed by atoms with Crippen LogP contribution in [-0.4, -0.2) is 33.0 Å². The smallest absolute Gasteiger partial charge is 0.240 e. The van der Waals surface area contributed by atoms with Crippen molar-refractivity contribution in [3.63, 3.8) is 0 Å². The molecule has 1 aromatic rings. The van der Waals surface area contributed by atoms with E-state index in [1.54, 1.807) is 12.1 Å². The van der Waals surface area contributed by atoms with Crippen molar-refractivity contribution in [2.75, 3.05) is 24.6 Å². The first-order chi connectivity index (χ1) is 9.12. The summed E-state index contributed by atoms with van der Waals surface area (Å²) in [7, 11) is -3.37. The largest absolute Gasteiger partial charge is 0.330 e. The van der Waals surface area contributed by atoms with E-state index in [0.29, 0.717) is 23.9 Å². The lowest BCUT2D eigenvalue weighted by Crippen LogP contribution is -2.29. The van der Waals surface area contributed by atoms with Crippen LogP contribution in [0.5, 0.6) is 0 Å². The van der Waals surface area contributed by atoms with Gasteiger partial charge in [-0.05, 0) is 54.5 Å². The Balaban J connectivity index is 1.97. The highest BCUT2D eigenvalue weighted by Gasteiger charge is 2.19. The predicted molar refractivity (Wildman–Crippen MR) is 79.8 cm³/mol. The normalized spacial score (nSPS) is 19.7. The summed E-state index contributed by atoms with van der Waals surface area (Å²) in [6, 6.07) is 6.95. The summed E-state index contributed by atoms with van der Waals surface area (Å²) in [6.07, 6.45) is 1.87. The zero-order chi connectivity index (χ0) is 13.7. The van der Waals surface area contributed by atoms with Crippen molar-refractivity contribution in [2.45, 2.75) is 17.7 Å². The number of sulfonamides is 1. The Kier molecular flexibility index (Phi) is 5.27. The summed E-state index contributed by atoms with van der Waals surface area (Å²) in [4.78, 5) is 0.332. The summed E-state index contributed by atoms with van der Waals surface area (Å²) in [6.45, 7) is 1.11. The van der Waals surface area contributed by atoms with E-state index < -0.39 is 10.0 Å². The highest BCUT2D eigenvalue weighted by molar-refractivity contribution is 7.99. The van der Waals surface area contributed by atoms with Crippen LogP contribution in [0.2, 0.25) is 0 Å². The van der Waals surface area contributed by atoms with Crippen molar-refractivity contribution >= 4 is 21.8 Å². The van der Waals surface area contributed by atoms with Crippen molar-refractivity contribution in [2.24, 2.45) is 11.7 Å². The lowest BCUT2D eigenvalue weighted by Gasteiger charge is -2.11. The molecule has 106 valence electrons. The average Bonchev–Trinajstić information content (AvgIpc) is 2.91. The van der Waals surface area contributed by atoms with Crippen LogP contribution < -0.4 is 10.5 Å². The Bertz CT molecular complexity index is 494. The van der Waals surface area contributed by atoms with E-state index in [4.69, 9.17) is 5.73 Å². The molecular weight excluding hydrogens is 280 g/mol. The van der Waals surface area contributed by atoms with Crippen molar-refractivity contribution in [1.82, 2.24) is 4.72 Å². The van der Waals surface area contributed by atoms with Gasteiger partial charge in [-0.2, -0.15) is 11.8 Å². The van der Waals surface area contributed by atoms with Gasteiger partial charge in [-0.1, -0.05) is 12.1 Å². The van der Waals surface area contributed by atoms with Crippen LogP contribution in [0, 0.1) is 5.92 Å². The van der Waals surface area contributed by atoms with Crippen LogP contribution in [0.15, 0.2) is 29.2 Å². The SMILES string of the molecule is NCCc1ccc(S(=O)(=O)NCC2CCSC2)cc1. The number of hydrogen-bond acceptors (Lipinski definition) is 4. The standard InChI is InChI=1S/C13H20N2O2S2/c14-7-5-11-1-3-13(4-2-11)19(16,17)15-9-12-6-8-18-10-12/h1-4,12,15H,5-10,14H2. The maximum Gasteiger partial charge on any atom is 0.240 e. The molecule has 4 nitrogen and oxygen atoms in total. The number of thioether (sulfide) groups is 1. The van der Waals surface area contributed by atoms with Gasteiger partial charge in [0.2, 0.25) is 10.0 Å². The first-order valence-corrected chi connectivity index (χ1v) is 9.12. The van der Waals surface area contributed by atoms with Gasteiger partial charge in [0, 0.05) is 6.54 Å². The highest BCUT2D eigenvalue weighted by Crippen LogP contribution is 2.23. The number of hydrogen-bond donors (Lipinski definition) is 2. The van der Waals surface area contributed by atoms with Gasteiger partial charge in [-0.15, -0.1) is 0 Å². The average molecular weight is 300 g/mol. The molecule has 0 bridgehead atoms. The fourth-order valence-electron chi connectivity index (χ4n) is 2.06. The third kappa shape index (κ3) is 4.21. The van der Waals surface area contributed by atoms with Gasteiger partial charge in [0.25, 0.3) is 0 Å². The minimum atomic E-state index is -3.37. The monoisotopic (exact) mass is 300 g/mol. The van der Waals surface area contributed by atoms with Crippen LogP contribution in [-0.2, 0) is 16.4 Å². The minimum absolute atomic E-state index is 0.332. The van der Waals surface area contributed by atoms with Crippen molar-refractivity contribution in [3.8, 4) is 0 Å². The van der Waals surface area contributed by atoms with Gasteiger partial charge in [0.15, 0.2) is 0 Å². The van der Waals surface area contributed by atoms with Gasteiger partial charge < -0.3 is 5.73 Å². The molecule has 0 spiro atoms. The molecule has 1 fully saturated rings. The Labute approximate surface area is 119 Å². The zero-order valence-corrected chi connectivity index (χ0v) is 12.5. The fraction of sp³-hybridized carbons (Fsp3) is 0.538. The van der Waals surface area contributed by atoms with Crippen molar-refractivity contribution < 1.29 is 8.42 Å². The third-order valence-electron chi connectivity index (χ3n) is 3.25. The summed E-state index contributed by atoms with van der Waals surface area (Å²) in [5, 5.41) is 0. The van der Waals surface area contributed by atoms with Crippen LogP contribution in [0.4, 0.5) is 0 Å². The fourth-order valence-corrected chi connectivity index (χ4v) is 4.46. The molecule has 2 rings (SSSR count). The van der Waals surface area contributed by atoms with E-state index >= 15 is 0 Å². The molecule has 1 aliphatic heterocycles. The quantitative estimate of drug-likeness (QED) is 0.828. The molecule has 0 saturated carbocycles. The summed E-state index contributed by atoms with van der Waals surface area (Å²) in [5.41, 5.74) is 6.53. The van der Waals surface area contributed by atoms with E-state index in [1.807, 2.05) is 23.9 Å². The molecule has 1 heterocycles. The lowest BCUT2D eigenvalue weighted by atomic mass is 10.1. The number of nitrogens with two attached hydrogens (primary N) is 1. The van der Waals surface area contributed by atoms with Gasteiger partial charge in [-0.25, -0.2) is 13.1 Å². The van der Waals surface area contributed by atoms with Crippen LogP contribution in [0.3, 0.4) is 0 Å². The molecule has 1 saturated heterocycles. The molecule has 0 aromatic heterocycles. The topological polar surface area (TPSA) is 72.2 Å². The summed E-state index contributed by atoms with van der Waals surface area (Å²) in [5.74, 6) is 2.66. The predicted octanol–water partition coefficient (Wildman–Crippen LogP) is 1.22. The second-order valence-corrected chi connectivity index (χ2v) is 7.68. The Morgan fingerprint density at radius 3 is 2.63 bits per heavy atom. The molecule has 0 aliphatic carbocycles. The third-order valence-corrected chi connectivity index (χ3v) is 5.92. The van der Waals surface area contributed by atoms with E-state index in [0.717, 1.165) is 29.9 Å². The van der Waals surface area contributed by atoms with Gasteiger partial charge in [0.1, 0.15) is 0 Å². The summed E-state index contributed by atoms with van der Waals surface area (Å²) >= 11 is 1.89. The minimum Gasteiger partial charge on any atom is -0.330 e. The van der Waals surface area contributed by atoms with Crippen LogP contribution in [0.1, 0.15) is 12.0 Å². The zero-order valence-electron chi connectivity index (χ0n) is 10.8. The summed E-state index contributed by atoms with van der Waals surface area (Å²) < 4.78 is 26.9. The molecule has 1 unspecified atom stereocenters. The Hall–Kier alpha value is -0.560. The van der Waals surface area contributed by atoms with E-state index in [9.17, 15) is 8.42 Å².